The number of pyridine rings is 1. The van der Waals surface area contributed by atoms with Crippen molar-refractivity contribution in [3.8, 4) is 0 Å². The molecule has 1 unspecified atom stereocenters. The molecule has 3 rings (SSSR count). The van der Waals surface area contributed by atoms with Gasteiger partial charge in [-0.05, 0) is 41.8 Å². The van der Waals surface area contributed by atoms with Crippen LogP contribution in [0.5, 0.6) is 0 Å². The molecule has 0 aliphatic heterocycles. The highest BCUT2D eigenvalue weighted by molar-refractivity contribution is 7.91. The topological polar surface area (TPSA) is 76.1 Å². The lowest BCUT2D eigenvalue weighted by molar-refractivity contribution is -0.174. The summed E-state index contributed by atoms with van der Waals surface area (Å²) in [5, 5.41) is 1.86. The molecular formula is C22H18ClF3N2O3S. The molecular weight excluding hydrogens is 465 g/mol. The molecule has 32 heavy (non-hydrogen) atoms. The van der Waals surface area contributed by atoms with Crippen LogP contribution >= 0.6 is 11.6 Å². The average molecular weight is 483 g/mol. The molecule has 1 heterocycles. The predicted molar refractivity (Wildman–Crippen MR) is 113 cm³/mol. The number of aromatic nitrogens is 1. The van der Waals surface area contributed by atoms with Crippen molar-refractivity contribution >= 4 is 27.3 Å². The van der Waals surface area contributed by atoms with Gasteiger partial charge in [-0.3, -0.25) is 4.79 Å². The number of sulfone groups is 1. The largest absolute Gasteiger partial charge is 0.471 e. The van der Waals surface area contributed by atoms with Gasteiger partial charge in [0.2, 0.25) is 9.84 Å². The summed E-state index contributed by atoms with van der Waals surface area (Å²) in [5.74, 6) is -2.01. The van der Waals surface area contributed by atoms with E-state index in [1.807, 2.05) is 5.32 Å². The summed E-state index contributed by atoms with van der Waals surface area (Å²) in [4.78, 5) is 15.1. The van der Waals surface area contributed by atoms with Gasteiger partial charge in [0.25, 0.3) is 0 Å². The number of nitrogens with zero attached hydrogens (tertiary/aromatic N) is 1. The minimum atomic E-state index is -4.96. The third-order valence-electron chi connectivity index (χ3n) is 4.71. The summed E-state index contributed by atoms with van der Waals surface area (Å²) in [6.07, 6.45) is -3.37. The quantitative estimate of drug-likeness (QED) is 0.542. The van der Waals surface area contributed by atoms with Gasteiger partial charge in [-0.1, -0.05) is 54.1 Å². The third-order valence-corrected chi connectivity index (χ3v) is 6.96. The maximum Gasteiger partial charge on any atom is 0.471 e. The number of hydrogen-bond acceptors (Lipinski definition) is 4. The van der Waals surface area contributed by atoms with E-state index in [4.69, 9.17) is 11.6 Å². The van der Waals surface area contributed by atoms with Crippen LogP contribution in [0.3, 0.4) is 0 Å². The van der Waals surface area contributed by atoms with Crippen molar-refractivity contribution < 1.29 is 26.4 Å². The first-order chi connectivity index (χ1) is 15.0. The summed E-state index contributed by atoms with van der Waals surface area (Å²) in [6.45, 7) is 1.44. The fraction of sp³-hybridized carbons (Fsp3) is 0.182. The van der Waals surface area contributed by atoms with Crippen molar-refractivity contribution in [3.05, 3.63) is 88.6 Å². The van der Waals surface area contributed by atoms with E-state index in [9.17, 15) is 26.4 Å². The fourth-order valence-corrected chi connectivity index (χ4v) is 4.99. The molecule has 0 aliphatic rings. The number of benzene rings is 2. The highest BCUT2D eigenvalue weighted by Crippen LogP contribution is 2.29. The molecule has 0 spiro atoms. The molecule has 10 heteroatoms. The molecule has 1 amide bonds. The number of nitrogens with one attached hydrogen (secondary N) is 1. The lowest BCUT2D eigenvalue weighted by atomic mass is 10.0. The van der Waals surface area contributed by atoms with Gasteiger partial charge in [0, 0.05) is 12.6 Å². The summed E-state index contributed by atoms with van der Waals surface area (Å²) in [5.41, 5.74) is 1.63. The Morgan fingerprint density at radius 1 is 1.06 bits per heavy atom. The summed E-state index contributed by atoms with van der Waals surface area (Å²) in [6, 6.07) is 14.9. The molecule has 3 aromatic rings. The zero-order valence-corrected chi connectivity index (χ0v) is 18.3. The van der Waals surface area contributed by atoms with Crippen molar-refractivity contribution in [2.45, 2.75) is 35.5 Å². The zero-order chi connectivity index (χ0) is 23.5. The molecule has 168 valence electrons. The Bertz CT molecular complexity index is 1230. The van der Waals surface area contributed by atoms with E-state index in [0.29, 0.717) is 16.7 Å². The van der Waals surface area contributed by atoms with Crippen molar-refractivity contribution in [1.29, 1.82) is 0 Å². The van der Waals surface area contributed by atoms with Crippen molar-refractivity contribution in [1.82, 2.24) is 10.3 Å². The van der Waals surface area contributed by atoms with Crippen LogP contribution in [0.1, 0.15) is 29.7 Å². The number of amides is 1. The molecule has 5 nitrogen and oxygen atoms in total. The van der Waals surface area contributed by atoms with E-state index in [0.717, 1.165) is 0 Å². The molecule has 0 saturated heterocycles. The lowest BCUT2D eigenvalue weighted by Crippen LogP contribution is -2.38. The number of carbonyl (C=O) groups is 1. The second-order valence-corrected chi connectivity index (χ2v) is 9.25. The molecule has 0 radical (unpaired) electrons. The SMILES string of the molecule is CC(NC(=O)C(F)(F)F)c1ccc(Cc2cccnc2S(=O)(=O)c2ccccc2Cl)cc1. The van der Waals surface area contributed by atoms with Gasteiger partial charge in [0.15, 0.2) is 5.03 Å². The zero-order valence-electron chi connectivity index (χ0n) is 16.7. The second kappa shape index (κ2) is 9.30. The molecule has 1 atom stereocenters. The fourth-order valence-electron chi connectivity index (χ4n) is 3.07. The average Bonchev–Trinajstić information content (AvgIpc) is 2.74. The Morgan fingerprint density at radius 3 is 2.34 bits per heavy atom. The van der Waals surface area contributed by atoms with Gasteiger partial charge in [0.05, 0.1) is 16.0 Å². The first-order valence-corrected chi connectivity index (χ1v) is 11.3. The van der Waals surface area contributed by atoms with Crippen LogP contribution in [-0.2, 0) is 21.1 Å². The summed E-state index contributed by atoms with van der Waals surface area (Å²) in [7, 11) is -3.97. The maximum atomic E-state index is 13.1. The van der Waals surface area contributed by atoms with E-state index < -0.39 is 28.0 Å². The predicted octanol–water partition coefficient (Wildman–Crippen LogP) is 4.90. The van der Waals surface area contributed by atoms with Crippen molar-refractivity contribution in [2.24, 2.45) is 0 Å². The smallest absolute Gasteiger partial charge is 0.342 e. The van der Waals surface area contributed by atoms with Gasteiger partial charge < -0.3 is 5.32 Å². The molecule has 0 aliphatic carbocycles. The highest BCUT2D eigenvalue weighted by atomic mass is 35.5. The van der Waals surface area contributed by atoms with Gasteiger partial charge >= 0.3 is 12.1 Å². The molecule has 0 fully saturated rings. The first-order valence-electron chi connectivity index (χ1n) is 9.40. The third kappa shape index (κ3) is 5.28. The van der Waals surface area contributed by atoms with Gasteiger partial charge in [-0.2, -0.15) is 13.2 Å². The lowest BCUT2D eigenvalue weighted by Gasteiger charge is -2.16. The summed E-state index contributed by atoms with van der Waals surface area (Å²) >= 11 is 6.08. The van der Waals surface area contributed by atoms with Crippen LogP contribution in [0.25, 0.3) is 0 Å². The monoisotopic (exact) mass is 482 g/mol. The van der Waals surface area contributed by atoms with Crippen LogP contribution < -0.4 is 5.32 Å². The Balaban J connectivity index is 1.84. The van der Waals surface area contributed by atoms with Crippen molar-refractivity contribution in [3.63, 3.8) is 0 Å². The van der Waals surface area contributed by atoms with Gasteiger partial charge in [-0.15, -0.1) is 0 Å². The summed E-state index contributed by atoms with van der Waals surface area (Å²) < 4.78 is 63.5. The Labute approximate surface area is 188 Å². The standard InChI is InChI=1S/C22H18ClF3N2O3S/c1-14(28-21(29)22(24,25)26)16-10-8-15(9-11-16)13-17-5-4-12-27-20(17)32(30,31)19-7-3-2-6-18(19)23/h2-12,14H,13H2,1H3,(H,28,29). The van der Waals surface area contributed by atoms with E-state index in [-0.39, 0.29) is 21.4 Å². The van der Waals surface area contributed by atoms with Gasteiger partial charge in [0.1, 0.15) is 0 Å². The van der Waals surface area contributed by atoms with Gasteiger partial charge in [-0.25, -0.2) is 13.4 Å². The number of hydrogen-bond donors (Lipinski definition) is 1. The molecule has 0 bridgehead atoms. The minimum Gasteiger partial charge on any atom is -0.342 e. The maximum absolute atomic E-state index is 13.1. The van der Waals surface area contributed by atoms with E-state index >= 15 is 0 Å². The first kappa shape index (κ1) is 23.7. The number of carbonyl (C=O) groups excluding carboxylic acids is 1. The Kier molecular flexibility index (Phi) is 6.90. The normalized spacial score (nSPS) is 12.9. The van der Waals surface area contributed by atoms with E-state index in [2.05, 4.69) is 4.98 Å². The Hall–Kier alpha value is -2.91. The highest BCUT2D eigenvalue weighted by Gasteiger charge is 2.39. The minimum absolute atomic E-state index is 0.0498. The van der Waals surface area contributed by atoms with Crippen LogP contribution in [0, 0.1) is 0 Å². The van der Waals surface area contributed by atoms with Crippen molar-refractivity contribution in [2.75, 3.05) is 0 Å². The van der Waals surface area contributed by atoms with Crippen LogP contribution in [0.4, 0.5) is 13.2 Å². The van der Waals surface area contributed by atoms with E-state index in [1.54, 1.807) is 48.5 Å². The number of alkyl halides is 3. The second-order valence-electron chi connectivity index (χ2n) is 7.01. The number of rotatable bonds is 6. The van der Waals surface area contributed by atoms with Crippen LogP contribution in [0.2, 0.25) is 5.02 Å². The number of halogens is 4. The molecule has 1 aromatic heterocycles. The molecule has 0 saturated carbocycles. The van der Waals surface area contributed by atoms with Crippen LogP contribution in [-0.4, -0.2) is 25.5 Å². The molecule has 2 aromatic carbocycles. The molecule has 1 N–H and O–H groups in total. The van der Waals surface area contributed by atoms with E-state index in [1.165, 1.54) is 25.3 Å². The Morgan fingerprint density at radius 2 is 1.72 bits per heavy atom. The van der Waals surface area contributed by atoms with Crippen LogP contribution in [0.15, 0.2) is 76.8 Å².